The molecule has 7 heteroatoms. The maximum absolute atomic E-state index is 12.3. The van der Waals surface area contributed by atoms with Gasteiger partial charge in [0, 0.05) is 11.3 Å². The van der Waals surface area contributed by atoms with Crippen molar-refractivity contribution in [2.45, 2.75) is 38.6 Å². The molecule has 1 saturated heterocycles. The third-order valence-corrected chi connectivity index (χ3v) is 4.52. The molecule has 2 unspecified atom stereocenters. The molecule has 1 aliphatic heterocycles. The summed E-state index contributed by atoms with van der Waals surface area (Å²) in [5.74, 6) is -0.107. The van der Waals surface area contributed by atoms with Crippen LogP contribution in [0, 0.1) is 13.8 Å². The molecule has 0 bridgehead atoms. The van der Waals surface area contributed by atoms with Gasteiger partial charge in [0.15, 0.2) is 0 Å². The lowest BCUT2D eigenvalue weighted by molar-refractivity contribution is -0.148. The largest absolute Gasteiger partial charge is 0.480 e. The van der Waals surface area contributed by atoms with Gasteiger partial charge in [-0.25, -0.2) is 4.79 Å². The first kappa shape index (κ1) is 13.9. The van der Waals surface area contributed by atoms with Crippen LogP contribution in [0.2, 0.25) is 0 Å². The van der Waals surface area contributed by atoms with E-state index in [1.807, 2.05) is 6.92 Å². The van der Waals surface area contributed by atoms with E-state index in [9.17, 15) is 9.59 Å². The molecule has 0 aromatic carbocycles. The van der Waals surface area contributed by atoms with Gasteiger partial charge in [-0.2, -0.15) is 0 Å². The van der Waals surface area contributed by atoms with Gasteiger partial charge in [0.1, 0.15) is 11.8 Å². The highest BCUT2D eigenvalue weighted by molar-refractivity contribution is 8.00. The number of carboxylic acid groups (broad SMARTS) is 1. The van der Waals surface area contributed by atoms with Crippen molar-refractivity contribution in [1.29, 1.82) is 0 Å². The summed E-state index contributed by atoms with van der Waals surface area (Å²) in [4.78, 5) is 24.9. The van der Waals surface area contributed by atoms with Crippen molar-refractivity contribution >= 4 is 23.6 Å². The molecule has 104 valence electrons. The van der Waals surface area contributed by atoms with E-state index in [1.165, 1.54) is 16.7 Å². The molecule has 1 amide bonds. The van der Waals surface area contributed by atoms with Gasteiger partial charge in [-0.1, -0.05) is 5.16 Å². The average molecular weight is 284 g/mol. The number of thioether (sulfide) groups is 1. The molecule has 2 atom stereocenters. The molecule has 1 aromatic heterocycles. The van der Waals surface area contributed by atoms with Crippen LogP contribution in [0.1, 0.15) is 23.9 Å². The molecule has 2 heterocycles. The highest BCUT2D eigenvalue weighted by atomic mass is 32.2. The summed E-state index contributed by atoms with van der Waals surface area (Å²) < 4.78 is 5.02. The van der Waals surface area contributed by atoms with Gasteiger partial charge in [0.2, 0.25) is 5.91 Å². The number of carbonyl (C=O) groups is 2. The van der Waals surface area contributed by atoms with Crippen LogP contribution in [0.15, 0.2) is 4.52 Å². The third kappa shape index (κ3) is 2.60. The first-order chi connectivity index (χ1) is 8.91. The lowest BCUT2D eigenvalue weighted by atomic mass is 10.1. The standard InChI is InChI=1S/C12H16N2O4S/c1-6-9(7(2)18-13-6)4-11(15)14-8(3)19-5-10(14)12(16)17/h8,10H,4-5H2,1-3H3,(H,16,17). The van der Waals surface area contributed by atoms with Crippen molar-refractivity contribution in [3.8, 4) is 0 Å². The SMILES string of the molecule is Cc1noc(C)c1CC(=O)N1C(C)SCC1C(=O)O. The minimum atomic E-state index is -0.955. The first-order valence-corrected chi connectivity index (χ1v) is 7.04. The van der Waals surface area contributed by atoms with Crippen LogP contribution in [-0.2, 0) is 16.0 Å². The van der Waals surface area contributed by atoms with Crippen molar-refractivity contribution in [3.63, 3.8) is 0 Å². The van der Waals surface area contributed by atoms with Crippen LogP contribution in [0.4, 0.5) is 0 Å². The second-order valence-corrected chi connectivity index (χ2v) is 5.92. The number of aryl methyl sites for hydroxylation is 2. The maximum atomic E-state index is 12.3. The number of hydrogen-bond acceptors (Lipinski definition) is 5. The molecule has 6 nitrogen and oxygen atoms in total. The van der Waals surface area contributed by atoms with Crippen LogP contribution >= 0.6 is 11.8 Å². The van der Waals surface area contributed by atoms with Gasteiger partial charge in [-0.3, -0.25) is 4.79 Å². The van der Waals surface area contributed by atoms with E-state index in [2.05, 4.69) is 5.16 Å². The Balaban J connectivity index is 2.17. The first-order valence-electron chi connectivity index (χ1n) is 5.99. The summed E-state index contributed by atoms with van der Waals surface area (Å²) >= 11 is 1.48. The van der Waals surface area contributed by atoms with E-state index in [-0.39, 0.29) is 17.7 Å². The number of carbonyl (C=O) groups excluding carboxylic acids is 1. The van der Waals surface area contributed by atoms with Crippen molar-refractivity contribution < 1.29 is 19.2 Å². The Labute approximate surface area is 115 Å². The van der Waals surface area contributed by atoms with E-state index >= 15 is 0 Å². The van der Waals surface area contributed by atoms with E-state index < -0.39 is 12.0 Å². The van der Waals surface area contributed by atoms with E-state index in [4.69, 9.17) is 9.63 Å². The zero-order valence-electron chi connectivity index (χ0n) is 11.0. The van der Waals surface area contributed by atoms with Crippen molar-refractivity contribution in [1.82, 2.24) is 10.1 Å². The number of aromatic nitrogens is 1. The van der Waals surface area contributed by atoms with Crippen LogP contribution in [0.25, 0.3) is 0 Å². The molecule has 0 spiro atoms. The van der Waals surface area contributed by atoms with Crippen molar-refractivity contribution in [2.24, 2.45) is 0 Å². The maximum Gasteiger partial charge on any atom is 0.327 e. The number of carboxylic acids is 1. The second-order valence-electron chi connectivity index (χ2n) is 4.57. The zero-order valence-corrected chi connectivity index (χ0v) is 11.9. The number of amides is 1. The van der Waals surface area contributed by atoms with Crippen LogP contribution in [0.3, 0.4) is 0 Å². The quantitative estimate of drug-likeness (QED) is 0.898. The number of nitrogens with zero attached hydrogens (tertiary/aromatic N) is 2. The Bertz CT molecular complexity index is 494. The lowest BCUT2D eigenvalue weighted by Crippen LogP contribution is -2.45. The summed E-state index contributed by atoms with van der Waals surface area (Å²) in [7, 11) is 0. The molecule has 1 aromatic rings. The van der Waals surface area contributed by atoms with Crippen molar-refractivity contribution in [2.75, 3.05) is 5.75 Å². The van der Waals surface area contributed by atoms with E-state index in [0.29, 0.717) is 17.2 Å². The highest BCUT2D eigenvalue weighted by Crippen LogP contribution is 2.29. The fourth-order valence-corrected chi connectivity index (χ4v) is 3.40. The molecule has 1 aliphatic rings. The summed E-state index contributed by atoms with van der Waals surface area (Å²) in [6, 6.07) is -0.743. The Morgan fingerprint density at radius 3 is 2.74 bits per heavy atom. The van der Waals surface area contributed by atoms with Crippen LogP contribution in [-0.4, -0.2) is 44.2 Å². The molecule has 2 rings (SSSR count). The number of rotatable bonds is 3. The molecule has 0 saturated carbocycles. The van der Waals surface area contributed by atoms with Gasteiger partial charge in [0.25, 0.3) is 0 Å². The van der Waals surface area contributed by atoms with E-state index in [0.717, 1.165) is 5.56 Å². The number of hydrogen-bond donors (Lipinski definition) is 1. The van der Waals surface area contributed by atoms with Gasteiger partial charge in [0.05, 0.1) is 17.5 Å². The molecule has 0 radical (unpaired) electrons. The molecular formula is C12H16N2O4S. The normalized spacial score (nSPS) is 22.8. The topological polar surface area (TPSA) is 83.6 Å². The molecule has 1 N–H and O–H groups in total. The fourth-order valence-electron chi connectivity index (χ4n) is 2.21. The Morgan fingerprint density at radius 1 is 1.53 bits per heavy atom. The average Bonchev–Trinajstić information content (AvgIpc) is 2.86. The van der Waals surface area contributed by atoms with Gasteiger partial charge in [-0.15, -0.1) is 11.8 Å². The Morgan fingerprint density at radius 2 is 2.21 bits per heavy atom. The van der Waals surface area contributed by atoms with Gasteiger partial charge in [-0.05, 0) is 20.8 Å². The minimum absolute atomic E-state index is 0.117. The third-order valence-electron chi connectivity index (χ3n) is 3.31. The lowest BCUT2D eigenvalue weighted by Gasteiger charge is -2.25. The van der Waals surface area contributed by atoms with Crippen molar-refractivity contribution in [3.05, 3.63) is 17.0 Å². The van der Waals surface area contributed by atoms with Gasteiger partial charge < -0.3 is 14.5 Å². The molecule has 19 heavy (non-hydrogen) atoms. The smallest absolute Gasteiger partial charge is 0.327 e. The summed E-state index contributed by atoms with van der Waals surface area (Å²) in [5.41, 5.74) is 1.43. The van der Waals surface area contributed by atoms with Crippen LogP contribution < -0.4 is 0 Å². The predicted octanol–water partition coefficient (Wildman–Crippen LogP) is 1.21. The van der Waals surface area contributed by atoms with E-state index in [1.54, 1.807) is 13.8 Å². The summed E-state index contributed by atoms with van der Waals surface area (Å²) in [6.07, 6.45) is 0.135. The zero-order chi connectivity index (χ0) is 14.2. The molecule has 1 fully saturated rings. The Kier molecular flexibility index (Phi) is 3.84. The second kappa shape index (κ2) is 5.24. The highest BCUT2D eigenvalue weighted by Gasteiger charge is 2.39. The Hall–Kier alpha value is -1.50. The molecular weight excluding hydrogens is 268 g/mol. The number of aliphatic carboxylic acids is 1. The summed E-state index contributed by atoms with van der Waals surface area (Å²) in [5, 5.41) is 12.8. The predicted molar refractivity (Wildman–Crippen MR) is 69.9 cm³/mol. The fraction of sp³-hybridized carbons (Fsp3) is 0.583. The summed E-state index contributed by atoms with van der Waals surface area (Å²) in [6.45, 7) is 5.37. The minimum Gasteiger partial charge on any atom is -0.480 e. The monoisotopic (exact) mass is 284 g/mol. The molecule has 0 aliphatic carbocycles. The van der Waals surface area contributed by atoms with Crippen LogP contribution in [0.5, 0.6) is 0 Å². The van der Waals surface area contributed by atoms with Gasteiger partial charge >= 0.3 is 5.97 Å².